The molecule has 2 aromatic carbocycles. The van der Waals surface area contributed by atoms with Gasteiger partial charge in [-0.3, -0.25) is 14.3 Å². The number of carbonyl (C=O) groups is 1. The molecule has 32 heavy (non-hydrogen) atoms. The number of ketones is 1. The minimum Gasteiger partial charge on any atom is -0.293 e. The minimum absolute atomic E-state index is 0.0196. The summed E-state index contributed by atoms with van der Waals surface area (Å²) in [5.41, 5.74) is 0.479. The SMILES string of the molecule is O=C(CSc1nnc(-c2cccnc2)n1-c1cccc(C(F)(F)F)c1)c1ccc(Cl)cc1. The van der Waals surface area contributed by atoms with E-state index in [1.807, 2.05) is 0 Å². The standard InChI is InChI=1S/C22H14ClF3N4OS/c23-17-8-6-14(7-9-17)19(31)13-32-21-29-28-20(15-3-2-10-27-12-15)30(21)18-5-1-4-16(11-18)22(24,25)26/h1-12H,13H2. The molecule has 5 nitrogen and oxygen atoms in total. The van der Waals surface area contributed by atoms with Gasteiger partial charge in [0.2, 0.25) is 0 Å². The molecule has 0 bridgehead atoms. The van der Waals surface area contributed by atoms with Gasteiger partial charge in [0.1, 0.15) is 0 Å². The zero-order chi connectivity index (χ0) is 22.7. The Kier molecular flexibility index (Phi) is 6.29. The molecule has 0 radical (unpaired) electrons. The Balaban J connectivity index is 1.71. The summed E-state index contributed by atoms with van der Waals surface area (Å²) >= 11 is 6.94. The molecule has 0 aliphatic carbocycles. The molecule has 4 aromatic rings. The molecule has 0 amide bonds. The number of hydrogen-bond donors (Lipinski definition) is 0. The van der Waals surface area contributed by atoms with Crippen molar-refractivity contribution in [3.63, 3.8) is 0 Å². The fourth-order valence-corrected chi connectivity index (χ4v) is 3.92. The highest BCUT2D eigenvalue weighted by molar-refractivity contribution is 7.99. The average molecular weight is 475 g/mol. The lowest BCUT2D eigenvalue weighted by Crippen LogP contribution is -2.08. The van der Waals surface area contributed by atoms with Gasteiger partial charge < -0.3 is 0 Å². The van der Waals surface area contributed by atoms with E-state index in [2.05, 4.69) is 15.2 Å². The molecular weight excluding hydrogens is 461 g/mol. The summed E-state index contributed by atoms with van der Waals surface area (Å²) in [5.74, 6) is 0.165. The van der Waals surface area contributed by atoms with Crippen molar-refractivity contribution < 1.29 is 18.0 Å². The molecule has 10 heteroatoms. The summed E-state index contributed by atoms with van der Waals surface area (Å²) < 4.78 is 41.4. The summed E-state index contributed by atoms with van der Waals surface area (Å²) in [4.78, 5) is 16.6. The molecular formula is C22H14ClF3N4OS. The van der Waals surface area contributed by atoms with Gasteiger partial charge in [0.25, 0.3) is 0 Å². The van der Waals surface area contributed by atoms with Crippen molar-refractivity contribution in [1.82, 2.24) is 19.7 Å². The number of hydrogen-bond acceptors (Lipinski definition) is 5. The number of alkyl halides is 3. The molecule has 162 valence electrons. The topological polar surface area (TPSA) is 60.7 Å². The van der Waals surface area contributed by atoms with Crippen LogP contribution in [0.3, 0.4) is 0 Å². The van der Waals surface area contributed by atoms with Crippen LogP contribution in [-0.2, 0) is 6.18 Å². The molecule has 0 fully saturated rings. The number of aromatic nitrogens is 4. The Morgan fingerprint density at radius 3 is 2.50 bits per heavy atom. The second-order valence-corrected chi connectivity index (χ2v) is 8.03. The van der Waals surface area contributed by atoms with Crippen molar-refractivity contribution in [3.8, 4) is 17.1 Å². The van der Waals surface area contributed by atoms with Crippen molar-refractivity contribution in [2.75, 3.05) is 5.75 Å². The van der Waals surface area contributed by atoms with Crippen LogP contribution in [0.5, 0.6) is 0 Å². The van der Waals surface area contributed by atoms with Crippen molar-refractivity contribution >= 4 is 29.1 Å². The maximum absolute atomic E-state index is 13.3. The van der Waals surface area contributed by atoms with E-state index in [1.54, 1.807) is 48.8 Å². The van der Waals surface area contributed by atoms with E-state index >= 15 is 0 Å². The molecule has 0 atom stereocenters. The van der Waals surface area contributed by atoms with Crippen LogP contribution in [0.4, 0.5) is 13.2 Å². The van der Waals surface area contributed by atoms with Crippen LogP contribution < -0.4 is 0 Å². The minimum atomic E-state index is -4.50. The number of Topliss-reactive ketones (excluding diaryl/α,β-unsaturated/α-hetero) is 1. The lowest BCUT2D eigenvalue weighted by atomic mass is 10.1. The number of nitrogens with zero attached hydrogens (tertiary/aromatic N) is 4. The lowest BCUT2D eigenvalue weighted by Gasteiger charge is -2.13. The maximum atomic E-state index is 13.3. The number of rotatable bonds is 6. The molecule has 0 saturated carbocycles. The molecule has 0 unspecified atom stereocenters. The fraction of sp³-hybridized carbons (Fsp3) is 0.0909. The lowest BCUT2D eigenvalue weighted by molar-refractivity contribution is -0.137. The van der Waals surface area contributed by atoms with Gasteiger partial charge in [0, 0.05) is 28.5 Å². The van der Waals surface area contributed by atoms with Crippen molar-refractivity contribution in [3.05, 3.63) is 89.2 Å². The zero-order valence-electron chi connectivity index (χ0n) is 16.3. The van der Waals surface area contributed by atoms with Gasteiger partial charge in [-0.05, 0) is 54.6 Å². The van der Waals surface area contributed by atoms with Gasteiger partial charge in [-0.15, -0.1) is 10.2 Å². The monoisotopic (exact) mass is 474 g/mol. The summed E-state index contributed by atoms with van der Waals surface area (Å²) in [7, 11) is 0. The van der Waals surface area contributed by atoms with Gasteiger partial charge in [-0.1, -0.05) is 29.4 Å². The molecule has 0 aliphatic rings. The zero-order valence-corrected chi connectivity index (χ0v) is 17.8. The van der Waals surface area contributed by atoms with E-state index in [0.717, 1.165) is 23.9 Å². The maximum Gasteiger partial charge on any atom is 0.416 e. The fourth-order valence-electron chi connectivity index (χ4n) is 2.95. The Morgan fingerprint density at radius 1 is 1.03 bits per heavy atom. The number of carbonyl (C=O) groups excluding carboxylic acids is 1. The van der Waals surface area contributed by atoms with E-state index in [9.17, 15) is 18.0 Å². The van der Waals surface area contributed by atoms with Crippen LogP contribution in [0.2, 0.25) is 5.02 Å². The van der Waals surface area contributed by atoms with Crippen LogP contribution in [0.25, 0.3) is 17.1 Å². The van der Waals surface area contributed by atoms with Crippen molar-refractivity contribution in [1.29, 1.82) is 0 Å². The Morgan fingerprint density at radius 2 is 1.81 bits per heavy atom. The summed E-state index contributed by atoms with van der Waals surface area (Å²) in [6.45, 7) is 0. The van der Waals surface area contributed by atoms with Gasteiger partial charge in [-0.25, -0.2) is 0 Å². The third-order valence-electron chi connectivity index (χ3n) is 4.48. The largest absolute Gasteiger partial charge is 0.416 e. The van der Waals surface area contributed by atoms with Crippen LogP contribution in [-0.4, -0.2) is 31.3 Å². The number of thioether (sulfide) groups is 1. The van der Waals surface area contributed by atoms with E-state index in [-0.39, 0.29) is 22.4 Å². The molecule has 0 saturated heterocycles. The van der Waals surface area contributed by atoms with Crippen LogP contribution >= 0.6 is 23.4 Å². The van der Waals surface area contributed by atoms with E-state index in [0.29, 0.717) is 22.0 Å². The molecule has 4 rings (SSSR count). The first-order chi connectivity index (χ1) is 15.3. The predicted molar refractivity (Wildman–Crippen MR) is 116 cm³/mol. The van der Waals surface area contributed by atoms with E-state index in [4.69, 9.17) is 11.6 Å². The normalized spacial score (nSPS) is 11.5. The third-order valence-corrected chi connectivity index (χ3v) is 5.66. The number of pyridine rings is 1. The summed E-state index contributed by atoms with van der Waals surface area (Å²) in [6.07, 6.45) is -1.38. The highest BCUT2D eigenvalue weighted by Crippen LogP contribution is 2.33. The Labute approximate surface area is 190 Å². The molecule has 0 spiro atoms. The Hall–Kier alpha value is -3.17. The number of benzene rings is 2. The molecule has 0 N–H and O–H groups in total. The smallest absolute Gasteiger partial charge is 0.293 e. The second-order valence-electron chi connectivity index (χ2n) is 6.65. The van der Waals surface area contributed by atoms with Crippen LogP contribution in [0.15, 0.2) is 78.2 Å². The first-order valence-electron chi connectivity index (χ1n) is 9.28. The highest BCUT2D eigenvalue weighted by atomic mass is 35.5. The Bertz CT molecular complexity index is 1240. The second kappa shape index (κ2) is 9.13. The van der Waals surface area contributed by atoms with Gasteiger partial charge in [-0.2, -0.15) is 13.2 Å². The summed E-state index contributed by atoms with van der Waals surface area (Å²) in [6, 6.07) is 14.8. The molecule has 2 aromatic heterocycles. The first kappa shape index (κ1) is 22.0. The molecule has 2 heterocycles. The summed E-state index contributed by atoms with van der Waals surface area (Å²) in [5, 5.41) is 9.09. The first-order valence-corrected chi connectivity index (χ1v) is 10.6. The van der Waals surface area contributed by atoms with Gasteiger partial charge >= 0.3 is 6.18 Å². The van der Waals surface area contributed by atoms with Gasteiger partial charge in [0.05, 0.1) is 17.0 Å². The quantitative estimate of drug-likeness (QED) is 0.254. The van der Waals surface area contributed by atoms with Crippen molar-refractivity contribution in [2.45, 2.75) is 11.3 Å². The van der Waals surface area contributed by atoms with E-state index < -0.39 is 11.7 Å². The predicted octanol–water partition coefficient (Wildman–Crippen LogP) is 5.98. The average Bonchev–Trinajstić information content (AvgIpc) is 3.22. The third kappa shape index (κ3) is 4.84. The van der Waals surface area contributed by atoms with E-state index in [1.165, 1.54) is 16.7 Å². The molecule has 0 aliphatic heterocycles. The highest BCUT2D eigenvalue weighted by Gasteiger charge is 2.31. The number of halogens is 4. The van der Waals surface area contributed by atoms with Crippen molar-refractivity contribution in [2.24, 2.45) is 0 Å². The van der Waals surface area contributed by atoms with Crippen LogP contribution in [0.1, 0.15) is 15.9 Å². The van der Waals surface area contributed by atoms with Crippen LogP contribution in [0, 0.1) is 0 Å². The van der Waals surface area contributed by atoms with Gasteiger partial charge in [0.15, 0.2) is 16.8 Å².